The fourth-order valence-electron chi connectivity index (χ4n) is 1.41. The molecule has 13 heavy (non-hydrogen) atoms. The summed E-state index contributed by atoms with van der Waals surface area (Å²) in [5.41, 5.74) is 0. The molecule has 0 aliphatic rings. The molecule has 0 saturated carbocycles. The highest BCUT2D eigenvalue weighted by atomic mass is 16.3. The van der Waals surface area contributed by atoms with E-state index < -0.39 is 0 Å². The molecule has 0 unspecified atom stereocenters. The van der Waals surface area contributed by atoms with Gasteiger partial charge >= 0.3 is 0 Å². The predicted molar refractivity (Wildman–Crippen MR) is 59.0 cm³/mol. The summed E-state index contributed by atoms with van der Waals surface area (Å²) >= 11 is 0. The Hall–Kier alpha value is -0.460. The first-order valence-corrected chi connectivity index (χ1v) is 5.63. The summed E-state index contributed by atoms with van der Waals surface area (Å²) in [6, 6.07) is 0. The maximum Gasteiger partial charge on any atom is 0.0851 e. The maximum absolute atomic E-state index is 8.89. The molecule has 0 saturated heterocycles. The zero-order chi connectivity index (χ0) is 9.94. The van der Waals surface area contributed by atoms with Crippen molar-refractivity contribution in [1.82, 2.24) is 0 Å². The van der Waals surface area contributed by atoms with Gasteiger partial charge in [-0.2, -0.15) is 0 Å². The Morgan fingerprint density at radius 3 is 2.08 bits per heavy atom. The van der Waals surface area contributed by atoms with Gasteiger partial charge in [-0.25, -0.2) is 0 Å². The molecule has 0 heterocycles. The number of aliphatic hydroxyl groups excluding tert-OH is 1. The molecule has 0 aromatic carbocycles. The van der Waals surface area contributed by atoms with Gasteiger partial charge in [0.15, 0.2) is 0 Å². The molecular weight excluding hydrogens is 160 g/mol. The number of rotatable bonds is 8. The van der Waals surface area contributed by atoms with Crippen LogP contribution in [-0.2, 0) is 0 Å². The lowest BCUT2D eigenvalue weighted by molar-refractivity contribution is 0.410. The van der Waals surface area contributed by atoms with Gasteiger partial charge in [-0.05, 0) is 25.8 Å². The Morgan fingerprint density at radius 1 is 1.00 bits per heavy atom. The van der Waals surface area contributed by atoms with Crippen LogP contribution < -0.4 is 0 Å². The molecule has 0 fully saturated rings. The Bertz CT molecular complexity index is 123. The van der Waals surface area contributed by atoms with E-state index in [4.69, 9.17) is 5.11 Å². The van der Waals surface area contributed by atoms with E-state index in [1.54, 1.807) is 6.92 Å². The van der Waals surface area contributed by atoms with E-state index in [9.17, 15) is 0 Å². The predicted octanol–water partition coefficient (Wildman–Crippen LogP) is 4.59. The summed E-state index contributed by atoms with van der Waals surface area (Å²) in [6.45, 7) is 3.98. The van der Waals surface area contributed by atoms with E-state index in [0.29, 0.717) is 5.76 Å². The van der Waals surface area contributed by atoms with Crippen molar-refractivity contribution < 1.29 is 5.11 Å². The molecule has 1 N–H and O–H groups in total. The zero-order valence-corrected chi connectivity index (χ0v) is 9.18. The molecule has 0 rings (SSSR count). The third kappa shape index (κ3) is 11.5. The molecule has 78 valence electrons. The van der Waals surface area contributed by atoms with Gasteiger partial charge in [-0.3, -0.25) is 0 Å². The van der Waals surface area contributed by atoms with Gasteiger partial charge in [0.2, 0.25) is 0 Å². The average Bonchev–Trinajstić information content (AvgIpc) is 2.09. The van der Waals surface area contributed by atoms with Crippen molar-refractivity contribution >= 4 is 0 Å². The summed E-state index contributed by atoms with van der Waals surface area (Å²) in [4.78, 5) is 0. The van der Waals surface area contributed by atoms with E-state index in [0.717, 1.165) is 6.42 Å². The quantitative estimate of drug-likeness (QED) is 0.432. The normalized spacial score (nSPS) is 12.0. The van der Waals surface area contributed by atoms with E-state index in [1.165, 1.54) is 44.9 Å². The lowest BCUT2D eigenvalue weighted by atomic mass is 10.1. The molecule has 0 aliphatic carbocycles. The van der Waals surface area contributed by atoms with Crippen molar-refractivity contribution in [1.29, 1.82) is 0 Å². The summed E-state index contributed by atoms with van der Waals surface area (Å²) in [6.07, 6.45) is 12.3. The molecule has 0 bridgehead atoms. The molecule has 0 aliphatic heterocycles. The molecule has 0 spiro atoms. The lowest BCUT2D eigenvalue weighted by Gasteiger charge is -1.98. The van der Waals surface area contributed by atoms with Crippen LogP contribution in [0.25, 0.3) is 0 Å². The first-order chi connectivity index (χ1) is 6.27. The van der Waals surface area contributed by atoms with Crippen molar-refractivity contribution in [3.8, 4) is 0 Å². The number of hydrogen-bond donors (Lipinski definition) is 1. The minimum atomic E-state index is 0.464. The van der Waals surface area contributed by atoms with E-state index in [2.05, 4.69) is 6.92 Å². The summed E-state index contributed by atoms with van der Waals surface area (Å²) in [5, 5.41) is 8.89. The third-order valence-corrected chi connectivity index (χ3v) is 2.25. The molecule has 1 nitrogen and oxygen atoms in total. The standard InChI is InChI=1S/C12H24O/c1-3-4-5-6-7-8-9-10-11-12(2)13/h11,13H,3-10H2,1-2H3/b12-11+. The van der Waals surface area contributed by atoms with Crippen LogP contribution in [0.5, 0.6) is 0 Å². The molecule has 1 heteroatoms. The summed E-state index contributed by atoms with van der Waals surface area (Å²) in [5.74, 6) is 0.464. The molecule has 0 aromatic rings. The molecule has 0 radical (unpaired) electrons. The second-order valence-corrected chi connectivity index (χ2v) is 3.76. The van der Waals surface area contributed by atoms with E-state index >= 15 is 0 Å². The highest BCUT2D eigenvalue weighted by Crippen LogP contribution is 2.08. The minimum absolute atomic E-state index is 0.464. The minimum Gasteiger partial charge on any atom is -0.513 e. The zero-order valence-electron chi connectivity index (χ0n) is 9.18. The molecular formula is C12H24O. The van der Waals surface area contributed by atoms with Gasteiger partial charge < -0.3 is 5.11 Å². The molecule has 0 amide bonds. The number of hydrogen-bond acceptors (Lipinski definition) is 1. The highest BCUT2D eigenvalue weighted by Gasteiger charge is 1.89. The molecule has 0 atom stereocenters. The Labute approximate surface area is 82.9 Å². The second-order valence-electron chi connectivity index (χ2n) is 3.76. The first-order valence-electron chi connectivity index (χ1n) is 5.63. The van der Waals surface area contributed by atoms with Gasteiger partial charge in [-0.15, -0.1) is 0 Å². The second kappa shape index (κ2) is 9.63. The van der Waals surface area contributed by atoms with Crippen LogP contribution >= 0.6 is 0 Å². The van der Waals surface area contributed by atoms with Crippen LogP contribution in [0.15, 0.2) is 11.8 Å². The Morgan fingerprint density at radius 2 is 1.54 bits per heavy atom. The van der Waals surface area contributed by atoms with Crippen molar-refractivity contribution in [2.75, 3.05) is 0 Å². The van der Waals surface area contributed by atoms with Crippen LogP contribution in [0.3, 0.4) is 0 Å². The average molecular weight is 184 g/mol. The van der Waals surface area contributed by atoms with Crippen LogP contribution in [0.4, 0.5) is 0 Å². The first kappa shape index (κ1) is 12.5. The Kier molecular flexibility index (Phi) is 9.29. The van der Waals surface area contributed by atoms with Crippen molar-refractivity contribution in [2.24, 2.45) is 0 Å². The van der Waals surface area contributed by atoms with Crippen molar-refractivity contribution in [3.63, 3.8) is 0 Å². The number of unbranched alkanes of at least 4 members (excludes halogenated alkanes) is 7. The van der Waals surface area contributed by atoms with E-state index in [1.807, 2.05) is 6.08 Å². The van der Waals surface area contributed by atoms with Crippen molar-refractivity contribution in [2.45, 2.75) is 65.2 Å². The van der Waals surface area contributed by atoms with Crippen LogP contribution in [0.1, 0.15) is 65.2 Å². The molecule has 0 aromatic heterocycles. The van der Waals surface area contributed by atoms with Gasteiger partial charge in [0.1, 0.15) is 0 Å². The highest BCUT2D eigenvalue weighted by molar-refractivity contribution is 4.85. The van der Waals surface area contributed by atoms with Gasteiger partial charge in [0.05, 0.1) is 5.76 Å². The maximum atomic E-state index is 8.89. The lowest BCUT2D eigenvalue weighted by Crippen LogP contribution is -1.79. The van der Waals surface area contributed by atoms with Gasteiger partial charge in [0.25, 0.3) is 0 Å². The smallest absolute Gasteiger partial charge is 0.0851 e. The fourth-order valence-corrected chi connectivity index (χ4v) is 1.41. The van der Waals surface area contributed by atoms with E-state index in [-0.39, 0.29) is 0 Å². The van der Waals surface area contributed by atoms with Gasteiger partial charge in [0, 0.05) is 0 Å². The fraction of sp³-hybridized carbons (Fsp3) is 0.833. The summed E-state index contributed by atoms with van der Waals surface area (Å²) in [7, 11) is 0. The van der Waals surface area contributed by atoms with Crippen LogP contribution in [-0.4, -0.2) is 5.11 Å². The van der Waals surface area contributed by atoms with Crippen LogP contribution in [0.2, 0.25) is 0 Å². The van der Waals surface area contributed by atoms with Gasteiger partial charge in [-0.1, -0.05) is 45.4 Å². The SMILES string of the molecule is CCCCCCCCC/C=C(\C)O. The summed E-state index contributed by atoms with van der Waals surface area (Å²) < 4.78 is 0. The Balaban J connectivity index is 2.96. The largest absolute Gasteiger partial charge is 0.513 e. The monoisotopic (exact) mass is 184 g/mol. The number of aliphatic hydroxyl groups is 1. The number of allylic oxidation sites excluding steroid dienone is 2. The van der Waals surface area contributed by atoms with Crippen molar-refractivity contribution in [3.05, 3.63) is 11.8 Å². The van der Waals surface area contributed by atoms with Crippen LogP contribution in [0, 0.1) is 0 Å². The topological polar surface area (TPSA) is 20.2 Å². The third-order valence-electron chi connectivity index (χ3n) is 2.25.